The van der Waals surface area contributed by atoms with Crippen molar-refractivity contribution >= 4 is 0 Å². The first kappa shape index (κ1) is 17.0. The summed E-state index contributed by atoms with van der Waals surface area (Å²) in [5.41, 5.74) is 0. The number of allylic oxidation sites excluding steroid dienone is 3. The summed E-state index contributed by atoms with van der Waals surface area (Å²) in [6.45, 7) is -0.321. The van der Waals surface area contributed by atoms with Crippen LogP contribution in [0.15, 0.2) is 24.0 Å². The Hall–Kier alpha value is -0.860. The molecule has 3 heteroatoms. The highest BCUT2D eigenvalue weighted by Crippen LogP contribution is 2.44. The van der Waals surface area contributed by atoms with E-state index in [-0.39, 0.29) is 0 Å². The molecule has 0 aliphatic heterocycles. The Morgan fingerprint density at radius 1 is 0.913 bits per heavy atom. The van der Waals surface area contributed by atoms with Crippen LogP contribution in [0.4, 0.5) is 8.78 Å². The van der Waals surface area contributed by atoms with Crippen LogP contribution in [0.5, 0.6) is 0 Å². The van der Waals surface area contributed by atoms with Crippen molar-refractivity contribution in [2.75, 3.05) is 0 Å². The quantitative estimate of drug-likeness (QED) is 0.588. The fourth-order valence-corrected chi connectivity index (χ4v) is 4.96. The maximum Gasteiger partial charge on any atom is 0.387 e. The third-order valence-electron chi connectivity index (χ3n) is 6.47. The lowest BCUT2D eigenvalue weighted by atomic mass is 9.67. The molecule has 23 heavy (non-hydrogen) atoms. The summed E-state index contributed by atoms with van der Waals surface area (Å²) in [7, 11) is 0. The summed E-state index contributed by atoms with van der Waals surface area (Å²) in [5.74, 6) is 4.44. The molecule has 1 atom stereocenters. The minimum Gasteiger partial charge on any atom is -0.435 e. The molecular weight excluding hydrogens is 294 g/mol. The molecule has 2 fully saturated rings. The van der Waals surface area contributed by atoms with Gasteiger partial charge in [-0.2, -0.15) is 8.78 Å². The average molecular weight is 324 g/mol. The Labute approximate surface area is 139 Å². The van der Waals surface area contributed by atoms with Gasteiger partial charge in [-0.05, 0) is 86.7 Å². The van der Waals surface area contributed by atoms with Crippen LogP contribution in [-0.2, 0) is 4.74 Å². The summed E-state index contributed by atoms with van der Waals surface area (Å²) in [4.78, 5) is 0. The minimum atomic E-state index is -2.71. The fourth-order valence-electron chi connectivity index (χ4n) is 4.96. The Bertz CT molecular complexity index is 427. The molecule has 0 spiro atoms. The van der Waals surface area contributed by atoms with E-state index < -0.39 is 6.61 Å². The Balaban J connectivity index is 1.43. The van der Waals surface area contributed by atoms with Crippen molar-refractivity contribution in [1.29, 1.82) is 0 Å². The molecule has 0 N–H and O–H groups in total. The van der Waals surface area contributed by atoms with Crippen LogP contribution in [-0.4, -0.2) is 6.61 Å². The summed E-state index contributed by atoms with van der Waals surface area (Å²) in [5, 5.41) is 0. The molecule has 0 amide bonds. The van der Waals surface area contributed by atoms with Gasteiger partial charge in [-0.25, -0.2) is 0 Å². The highest BCUT2D eigenvalue weighted by atomic mass is 19.3. The summed E-state index contributed by atoms with van der Waals surface area (Å²) >= 11 is 0. The van der Waals surface area contributed by atoms with Crippen LogP contribution in [0, 0.1) is 29.6 Å². The van der Waals surface area contributed by atoms with Crippen molar-refractivity contribution in [3.63, 3.8) is 0 Å². The lowest BCUT2D eigenvalue weighted by Gasteiger charge is -2.39. The van der Waals surface area contributed by atoms with Gasteiger partial charge >= 0.3 is 6.61 Å². The molecule has 1 unspecified atom stereocenters. The van der Waals surface area contributed by atoms with Crippen LogP contribution >= 0.6 is 0 Å². The molecule has 3 aliphatic carbocycles. The predicted molar refractivity (Wildman–Crippen MR) is 89.0 cm³/mol. The SMILES string of the molecule is CC1CCC(C2CCC(C3C=CC(OC(F)F)=CC3)CC2)CC1. The average Bonchev–Trinajstić information content (AvgIpc) is 2.56. The molecule has 0 saturated heterocycles. The van der Waals surface area contributed by atoms with Crippen molar-refractivity contribution in [3.8, 4) is 0 Å². The summed E-state index contributed by atoms with van der Waals surface area (Å²) < 4.78 is 28.9. The minimum absolute atomic E-state index is 0.335. The van der Waals surface area contributed by atoms with Crippen LogP contribution in [0.2, 0.25) is 0 Å². The number of halogens is 2. The van der Waals surface area contributed by atoms with Crippen molar-refractivity contribution in [1.82, 2.24) is 0 Å². The molecule has 2 saturated carbocycles. The van der Waals surface area contributed by atoms with Gasteiger partial charge in [0.15, 0.2) is 0 Å². The van der Waals surface area contributed by atoms with Gasteiger partial charge < -0.3 is 4.74 Å². The van der Waals surface area contributed by atoms with Crippen LogP contribution < -0.4 is 0 Å². The summed E-state index contributed by atoms with van der Waals surface area (Å²) in [6.07, 6.45) is 17.6. The van der Waals surface area contributed by atoms with E-state index in [0.717, 1.165) is 30.1 Å². The normalized spacial score (nSPS) is 38.4. The molecule has 0 bridgehead atoms. The van der Waals surface area contributed by atoms with Crippen LogP contribution in [0.25, 0.3) is 0 Å². The van der Waals surface area contributed by atoms with Crippen molar-refractivity contribution in [2.45, 2.75) is 71.3 Å². The van der Waals surface area contributed by atoms with Gasteiger partial charge in [0.1, 0.15) is 5.76 Å². The Kier molecular flexibility index (Phi) is 5.76. The molecule has 0 aromatic rings. The zero-order chi connectivity index (χ0) is 16.2. The van der Waals surface area contributed by atoms with E-state index in [2.05, 4.69) is 17.7 Å². The maximum absolute atomic E-state index is 12.2. The first-order valence-corrected chi connectivity index (χ1v) is 9.45. The van der Waals surface area contributed by atoms with Gasteiger partial charge in [-0.15, -0.1) is 0 Å². The van der Waals surface area contributed by atoms with Gasteiger partial charge in [0.2, 0.25) is 0 Å². The molecular formula is C20H30F2O. The van der Waals surface area contributed by atoms with Gasteiger partial charge in [-0.1, -0.05) is 25.8 Å². The van der Waals surface area contributed by atoms with Crippen molar-refractivity contribution < 1.29 is 13.5 Å². The highest BCUT2D eigenvalue weighted by molar-refractivity contribution is 5.19. The smallest absolute Gasteiger partial charge is 0.387 e. The number of alkyl halides is 2. The topological polar surface area (TPSA) is 9.23 Å². The van der Waals surface area contributed by atoms with E-state index in [1.54, 1.807) is 6.08 Å². The second-order valence-corrected chi connectivity index (χ2v) is 7.94. The second kappa shape index (κ2) is 7.81. The summed E-state index contributed by atoms with van der Waals surface area (Å²) in [6, 6.07) is 0. The molecule has 1 nitrogen and oxygen atoms in total. The molecule has 3 aliphatic rings. The van der Waals surface area contributed by atoms with E-state index in [1.165, 1.54) is 51.4 Å². The van der Waals surface area contributed by atoms with Crippen molar-refractivity contribution in [3.05, 3.63) is 24.0 Å². The third-order valence-corrected chi connectivity index (χ3v) is 6.47. The molecule has 0 aromatic heterocycles. The number of hydrogen-bond donors (Lipinski definition) is 0. The Morgan fingerprint density at radius 2 is 1.48 bits per heavy atom. The number of rotatable bonds is 4. The molecule has 3 rings (SSSR count). The van der Waals surface area contributed by atoms with Crippen molar-refractivity contribution in [2.24, 2.45) is 29.6 Å². The van der Waals surface area contributed by atoms with Gasteiger partial charge in [0, 0.05) is 0 Å². The first-order chi connectivity index (χ1) is 11.1. The molecule has 0 radical (unpaired) electrons. The van der Waals surface area contributed by atoms with E-state index >= 15 is 0 Å². The van der Waals surface area contributed by atoms with Gasteiger partial charge in [0.05, 0.1) is 0 Å². The van der Waals surface area contributed by atoms with E-state index in [4.69, 9.17) is 0 Å². The zero-order valence-corrected chi connectivity index (χ0v) is 14.2. The fraction of sp³-hybridized carbons (Fsp3) is 0.800. The second-order valence-electron chi connectivity index (χ2n) is 7.94. The lowest BCUT2D eigenvalue weighted by molar-refractivity contribution is -0.0927. The number of hydrogen-bond acceptors (Lipinski definition) is 1. The van der Waals surface area contributed by atoms with E-state index in [1.807, 2.05) is 6.08 Å². The number of ether oxygens (including phenoxy) is 1. The third kappa shape index (κ3) is 4.58. The largest absolute Gasteiger partial charge is 0.435 e. The Morgan fingerprint density at radius 3 is 2.00 bits per heavy atom. The maximum atomic E-state index is 12.2. The van der Waals surface area contributed by atoms with Gasteiger partial charge in [-0.3, -0.25) is 0 Å². The molecule has 0 aromatic carbocycles. The zero-order valence-electron chi connectivity index (χ0n) is 14.2. The van der Waals surface area contributed by atoms with E-state index in [9.17, 15) is 8.78 Å². The van der Waals surface area contributed by atoms with Crippen LogP contribution in [0.1, 0.15) is 64.7 Å². The molecule has 130 valence electrons. The van der Waals surface area contributed by atoms with E-state index in [0.29, 0.717) is 11.7 Å². The monoisotopic (exact) mass is 324 g/mol. The standard InChI is InChI=1S/C20H30F2O/c1-14-2-4-15(5-3-14)16-6-8-17(9-7-16)18-10-12-19(13-11-18)23-20(21)22/h10,12-18,20H,2-9,11H2,1H3. The molecule has 0 heterocycles. The lowest BCUT2D eigenvalue weighted by Crippen LogP contribution is -2.27. The van der Waals surface area contributed by atoms with Crippen LogP contribution in [0.3, 0.4) is 0 Å². The van der Waals surface area contributed by atoms with Gasteiger partial charge in [0.25, 0.3) is 0 Å². The predicted octanol–water partition coefficient (Wildman–Crippen LogP) is 6.32. The highest BCUT2D eigenvalue weighted by Gasteiger charge is 2.32. The first-order valence-electron chi connectivity index (χ1n) is 9.45.